The number of allylic oxidation sites excluding steroid dienone is 2. The minimum absolute atomic E-state index is 0.0417. The molecule has 2 rings (SSSR count). The lowest BCUT2D eigenvalue weighted by atomic mass is 10.4. The molecule has 0 bridgehead atoms. The van der Waals surface area contributed by atoms with Crippen LogP contribution in [-0.4, -0.2) is 30.9 Å². The largest absolute Gasteiger partial charge is 0.282 e. The molecule has 0 aromatic heterocycles. The Morgan fingerprint density at radius 2 is 1.23 bits per heavy atom. The third-order valence-corrected chi connectivity index (χ3v) is 11.8. The van der Waals surface area contributed by atoms with Gasteiger partial charge in [0.05, 0.1) is 9.16 Å². The molecule has 142 valence electrons. The standard InChI is InChI=1S/C18H22O2S6/c1-5-15(19)21-9-13-11(3)23-17(25-13)7-8-18-24-12(4)14(26-18)10-22-16(20)6-2/h5-6,17-18H,1-2,7-10H2,3-4H3. The average Bonchev–Trinajstić information content (AvgIpc) is 3.17. The van der Waals surface area contributed by atoms with Crippen molar-refractivity contribution in [2.75, 3.05) is 11.5 Å². The van der Waals surface area contributed by atoms with Gasteiger partial charge in [0.2, 0.25) is 10.2 Å². The molecule has 0 saturated heterocycles. The summed E-state index contributed by atoms with van der Waals surface area (Å²) >= 11 is 10.4. The van der Waals surface area contributed by atoms with E-state index in [0.29, 0.717) is 9.16 Å². The molecule has 0 amide bonds. The molecule has 2 aliphatic rings. The molecule has 0 aromatic carbocycles. The molecule has 8 heteroatoms. The van der Waals surface area contributed by atoms with Crippen LogP contribution in [0.4, 0.5) is 0 Å². The van der Waals surface area contributed by atoms with E-state index < -0.39 is 0 Å². The molecule has 2 aliphatic heterocycles. The first-order valence-electron chi connectivity index (χ1n) is 8.07. The summed E-state index contributed by atoms with van der Waals surface area (Å²) in [5.41, 5.74) is 0. The van der Waals surface area contributed by atoms with Gasteiger partial charge in [-0.15, -0.1) is 47.0 Å². The summed E-state index contributed by atoms with van der Waals surface area (Å²) in [5.74, 6) is 1.52. The smallest absolute Gasteiger partial charge is 0.211 e. The van der Waals surface area contributed by atoms with Gasteiger partial charge in [-0.25, -0.2) is 0 Å². The van der Waals surface area contributed by atoms with E-state index in [1.807, 2.05) is 47.0 Å². The van der Waals surface area contributed by atoms with Crippen LogP contribution < -0.4 is 0 Å². The molecule has 0 spiro atoms. The second-order valence-corrected chi connectivity index (χ2v) is 13.5. The molecular weight excluding hydrogens is 441 g/mol. The highest BCUT2D eigenvalue weighted by Gasteiger charge is 2.28. The van der Waals surface area contributed by atoms with Gasteiger partial charge in [-0.05, 0) is 48.7 Å². The van der Waals surface area contributed by atoms with Crippen molar-refractivity contribution in [3.05, 3.63) is 44.9 Å². The van der Waals surface area contributed by atoms with E-state index in [9.17, 15) is 9.59 Å². The van der Waals surface area contributed by atoms with E-state index in [-0.39, 0.29) is 10.2 Å². The van der Waals surface area contributed by atoms with Crippen molar-refractivity contribution < 1.29 is 9.59 Å². The zero-order valence-corrected chi connectivity index (χ0v) is 19.7. The molecule has 0 fully saturated rings. The quantitative estimate of drug-likeness (QED) is 0.349. The maximum atomic E-state index is 11.4. The Balaban J connectivity index is 1.71. The normalized spacial score (nSPS) is 22.8. The minimum Gasteiger partial charge on any atom is -0.282 e. The van der Waals surface area contributed by atoms with E-state index in [1.165, 1.54) is 55.3 Å². The molecule has 26 heavy (non-hydrogen) atoms. The van der Waals surface area contributed by atoms with Crippen LogP contribution >= 0.6 is 70.6 Å². The van der Waals surface area contributed by atoms with Crippen molar-refractivity contribution in [2.45, 2.75) is 35.9 Å². The summed E-state index contributed by atoms with van der Waals surface area (Å²) in [6.07, 6.45) is 5.07. The van der Waals surface area contributed by atoms with Gasteiger partial charge >= 0.3 is 0 Å². The van der Waals surface area contributed by atoms with Gasteiger partial charge in [0.25, 0.3) is 0 Å². The van der Waals surface area contributed by atoms with Gasteiger partial charge in [0.15, 0.2) is 0 Å². The fraction of sp³-hybridized carbons (Fsp3) is 0.444. The molecule has 0 N–H and O–H groups in total. The van der Waals surface area contributed by atoms with E-state index in [0.717, 1.165) is 24.3 Å². The lowest BCUT2D eigenvalue weighted by Gasteiger charge is -2.13. The van der Waals surface area contributed by atoms with E-state index in [2.05, 4.69) is 27.0 Å². The lowest BCUT2D eigenvalue weighted by Crippen LogP contribution is -2.00. The summed E-state index contributed by atoms with van der Waals surface area (Å²) in [4.78, 5) is 28.2. The third kappa shape index (κ3) is 7.09. The Kier molecular flexibility index (Phi) is 9.96. The zero-order chi connectivity index (χ0) is 19.1. The Hall–Kier alpha value is 0.400. The van der Waals surface area contributed by atoms with Crippen LogP contribution in [0.2, 0.25) is 0 Å². The van der Waals surface area contributed by atoms with Crippen molar-refractivity contribution in [1.82, 2.24) is 0 Å². The van der Waals surface area contributed by atoms with Crippen molar-refractivity contribution in [1.29, 1.82) is 0 Å². The molecule has 0 radical (unpaired) electrons. The number of carbonyl (C=O) groups is 2. The second kappa shape index (κ2) is 11.4. The fourth-order valence-corrected chi connectivity index (χ4v) is 10.2. The topological polar surface area (TPSA) is 34.1 Å². The van der Waals surface area contributed by atoms with Crippen LogP contribution in [0, 0.1) is 0 Å². The van der Waals surface area contributed by atoms with E-state index in [4.69, 9.17) is 0 Å². The highest BCUT2D eigenvalue weighted by Crippen LogP contribution is 2.52. The van der Waals surface area contributed by atoms with E-state index >= 15 is 0 Å². The van der Waals surface area contributed by atoms with Gasteiger partial charge in [-0.1, -0.05) is 36.7 Å². The van der Waals surface area contributed by atoms with Crippen molar-refractivity contribution in [3.8, 4) is 0 Å². The Labute approximate surface area is 181 Å². The number of hydrogen-bond donors (Lipinski definition) is 0. The highest BCUT2D eigenvalue weighted by atomic mass is 32.2. The first-order valence-corrected chi connectivity index (χ1v) is 13.6. The highest BCUT2D eigenvalue weighted by molar-refractivity contribution is 8.25. The van der Waals surface area contributed by atoms with Crippen LogP contribution in [0.3, 0.4) is 0 Å². The number of carbonyl (C=O) groups excluding carboxylic acids is 2. The van der Waals surface area contributed by atoms with Crippen LogP contribution in [0.1, 0.15) is 26.7 Å². The molecule has 0 saturated carbocycles. The Morgan fingerprint density at radius 1 is 0.846 bits per heavy atom. The number of rotatable bonds is 9. The van der Waals surface area contributed by atoms with Gasteiger partial charge in [-0.2, -0.15) is 0 Å². The minimum atomic E-state index is 0.0417. The number of hydrogen-bond acceptors (Lipinski definition) is 8. The summed E-state index contributed by atoms with van der Waals surface area (Å²) in [7, 11) is 0. The zero-order valence-electron chi connectivity index (χ0n) is 14.8. The van der Waals surface area contributed by atoms with Crippen LogP contribution in [0.15, 0.2) is 44.9 Å². The van der Waals surface area contributed by atoms with Gasteiger partial charge in [0.1, 0.15) is 0 Å². The van der Waals surface area contributed by atoms with Crippen LogP contribution in [-0.2, 0) is 9.59 Å². The first-order chi connectivity index (χ1) is 12.4. The van der Waals surface area contributed by atoms with E-state index in [1.54, 1.807) is 0 Å². The number of thioether (sulfide) groups is 6. The summed E-state index contributed by atoms with van der Waals surface area (Å²) in [5, 5.41) is 0.0833. The predicted octanol–water partition coefficient (Wildman–Crippen LogP) is 6.73. The molecule has 2 nitrogen and oxygen atoms in total. The maximum Gasteiger partial charge on any atom is 0.211 e. The SMILES string of the molecule is C=CC(=O)SCC1=C(C)SC(CCC2SC(C)=C(CSC(=O)C=C)S2)S1. The molecular formula is C18H22O2S6. The predicted molar refractivity (Wildman–Crippen MR) is 128 cm³/mol. The lowest BCUT2D eigenvalue weighted by molar-refractivity contribution is -0.107. The molecule has 0 aliphatic carbocycles. The van der Waals surface area contributed by atoms with Gasteiger partial charge in [0, 0.05) is 21.3 Å². The molecule has 2 atom stereocenters. The van der Waals surface area contributed by atoms with Crippen molar-refractivity contribution in [2.24, 2.45) is 0 Å². The average molecular weight is 463 g/mol. The summed E-state index contributed by atoms with van der Waals surface area (Å²) in [6, 6.07) is 0. The van der Waals surface area contributed by atoms with Crippen molar-refractivity contribution in [3.63, 3.8) is 0 Å². The van der Waals surface area contributed by atoms with Gasteiger partial charge in [-0.3, -0.25) is 9.59 Å². The summed E-state index contributed by atoms with van der Waals surface area (Å²) < 4.78 is 1.10. The Morgan fingerprint density at radius 3 is 1.58 bits per heavy atom. The summed E-state index contributed by atoms with van der Waals surface area (Å²) in [6.45, 7) is 11.4. The monoisotopic (exact) mass is 462 g/mol. The van der Waals surface area contributed by atoms with Crippen LogP contribution in [0.5, 0.6) is 0 Å². The van der Waals surface area contributed by atoms with Crippen molar-refractivity contribution >= 4 is 80.8 Å². The second-order valence-electron chi connectivity index (χ2n) is 5.49. The third-order valence-electron chi connectivity index (χ3n) is 3.61. The van der Waals surface area contributed by atoms with Crippen LogP contribution in [0.25, 0.3) is 0 Å². The Bertz CT molecular complexity index is 596. The van der Waals surface area contributed by atoms with Gasteiger partial charge < -0.3 is 0 Å². The maximum absolute atomic E-state index is 11.4. The molecule has 0 aromatic rings. The first kappa shape index (κ1) is 22.7. The molecule has 2 heterocycles. The fourth-order valence-electron chi connectivity index (χ4n) is 2.23. The molecule has 2 unspecified atom stereocenters.